The summed E-state index contributed by atoms with van der Waals surface area (Å²) in [6.07, 6.45) is 2.80. The van der Waals surface area contributed by atoms with Gasteiger partial charge in [-0.25, -0.2) is 9.97 Å². The van der Waals surface area contributed by atoms with Gasteiger partial charge in [-0.3, -0.25) is 9.69 Å². The van der Waals surface area contributed by atoms with Gasteiger partial charge in [-0.1, -0.05) is 32.9 Å². The highest BCUT2D eigenvalue weighted by Crippen LogP contribution is 2.25. The molecule has 0 radical (unpaired) electrons. The fourth-order valence-electron chi connectivity index (χ4n) is 4.24. The van der Waals surface area contributed by atoms with Gasteiger partial charge in [-0.2, -0.15) is 0 Å². The first kappa shape index (κ1) is 20.5. The number of fused-ring (bicyclic) bond motifs is 1. The maximum atomic E-state index is 13.2. The summed E-state index contributed by atoms with van der Waals surface area (Å²) >= 11 is 0. The van der Waals surface area contributed by atoms with E-state index < -0.39 is 0 Å². The van der Waals surface area contributed by atoms with Crippen LogP contribution in [0.2, 0.25) is 0 Å². The number of rotatable bonds is 6. The molecule has 1 aliphatic heterocycles. The molecule has 0 unspecified atom stereocenters. The highest BCUT2D eigenvalue weighted by molar-refractivity contribution is 5.95. The molecule has 0 N–H and O–H groups in total. The Kier molecular flexibility index (Phi) is 6.13. The molecular weight excluding hydrogens is 374 g/mol. The molecular formula is C24H31N5O. The zero-order valence-electron chi connectivity index (χ0n) is 18.2. The average molecular weight is 406 g/mol. The van der Waals surface area contributed by atoms with Crippen molar-refractivity contribution in [2.24, 2.45) is 5.92 Å². The van der Waals surface area contributed by atoms with Crippen molar-refractivity contribution in [1.82, 2.24) is 24.3 Å². The highest BCUT2D eigenvalue weighted by atomic mass is 16.2. The standard InChI is InChI=1S/C24H31N5O/c1-4-11-29-22(26-21-9-6-10-25-23(21)29)19-7-5-8-20(16-19)24(30)28-14-12-27(13-15-28)17-18(2)3/h5-10,16,18H,4,11-15,17H2,1-3H3. The van der Waals surface area contributed by atoms with Crippen LogP contribution >= 0.6 is 0 Å². The van der Waals surface area contributed by atoms with Crippen LogP contribution in [0.25, 0.3) is 22.6 Å². The molecule has 0 bridgehead atoms. The highest BCUT2D eigenvalue weighted by Gasteiger charge is 2.23. The van der Waals surface area contributed by atoms with Crippen molar-refractivity contribution >= 4 is 17.1 Å². The second kappa shape index (κ2) is 8.96. The van der Waals surface area contributed by atoms with Crippen molar-refractivity contribution in [3.8, 4) is 11.4 Å². The third-order valence-electron chi connectivity index (χ3n) is 5.60. The summed E-state index contributed by atoms with van der Waals surface area (Å²) in [7, 11) is 0. The molecule has 1 fully saturated rings. The van der Waals surface area contributed by atoms with Gasteiger partial charge in [0.25, 0.3) is 5.91 Å². The number of carbonyl (C=O) groups is 1. The Morgan fingerprint density at radius 3 is 2.63 bits per heavy atom. The first-order chi connectivity index (χ1) is 14.6. The van der Waals surface area contributed by atoms with E-state index in [1.807, 2.05) is 41.3 Å². The van der Waals surface area contributed by atoms with Crippen LogP contribution in [-0.2, 0) is 6.54 Å². The SMILES string of the molecule is CCCn1c(-c2cccc(C(=O)N3CCN(CC(C)C)CC3)c2)nc2cccnc21. The van der Waals surface area contributed by atoms with Crippen LogP contribution < -0.4 is 0 Å². The van der Waals surface area contributed by atoms with Crippen LogP contribution in [0.1, 0.15) is 37.6 Å². The third-order valence-corrected chi connectivity index (χ3v) is 5.60. The summed E-state index contributed by atoms with van der Waals surface area (Å²) in [6.45, 7) is 12.0. The number of carbonyl (C=O) groups excluding carboxylic acids is 1. The predicted molar refractivity (Wildman–Crippen MR) is 120 cm³/mol. The topological polar surface area (TPSA) is 54.3 Å². The van der Waals surface area contributed by atoms with Crippen molar-refractivity contribution in [1.29, 1.82) is 0 Å². The Hall–Kier alpha value is -2.73. The van der Waals surface area contributed by atoms with Gasteiger partial charge >= 0.3 is 0 Å². The van der Waals surface area contributed by atoms with E-state index in [-0.39, 0.29) is 5.91 Å². The summed E-state index contributed by atoms with van der Waals surface area (Å²) in [5, 5.41) is 0. The molecule has 3 aromatic rings. The Morgan fingerprint density at radius 1 is 1.10 bits per heavy atom. The molecule has 1 saturated heterocycles. The van der Waals surface area contributed by atoms with Crippen LogP contribution in [0.4, 0.5) is 0 Å². The minimum absolute atomic E-state index is 0.109. The Labute approximate surface area is 178 Å². The van der Waals surface area contributed by atoms with Crippen molar-refractivity contribution < 1.29 is 4.79 Å². The second-order valence-electron chi connectivity index (χ2n) is 8.50. The van der Waals surface area contributed by atoms with Crippen LogP contribution in [0.15, 0.2) is 42.6 Å². The number of hydrogen-bond donors (Lipinski definition) is 0. The lowest BCUT2D eigenvalue weighted by Gasteiger charge is -2.35. The number of nitrogens with zero attached hydrogens (tertiary/aromatic N) is 5. The summed E-state index contributed by atoms with van der Waals surface area (Å²) in [6, 6.07) is 11.8. The van der Waals surface area contributed by atoms with Crippen LogP contribution in [-0.4, -0.2) is 63.0 Å². The molecule has 6 nitrogen and oxygen atoms in total. The maximum Gasteiger partial charge on any atom is 0.253 e. The third kappa shape index (κ3) is 4.24. The Bertz CT molecular complexity index is 1020. The fourth-order valence-corrected chi connectivity index (χ4v) is 4.24. The van der Waals surface area contributed by atoms with Gasteiger partial charge in [0.1, 0.15) is 11.3 Å². The Morgan fingerprint density at radius 2 is 1.90 bits per heavy atom. The zero-order valence-corrected chi connectivity index (χ0v) is 18.2. The van der Waals surface area contributed by atoms with E-state index in [9.17, 15) is 4.79 Å². The van der Waals surface area contributed by atoms with Gasteiger partial charge < -0.3 is 9.47 Å². The number of pyridine rings is 1. The molecule has 0 aliphatic carbocycles. The summed E-state index contributed by atoms with van der Waals surface area (Å²) in [5.74, 6) is 1.64. The number of aromatic nitrogens is 3. The van der Waals surface area contributed by atoms with Gasteiger partial charge in [-0.15, -0.1) is 0 Å². The van der Waals surface area contributed by atoms with Gasteiger partial charge in [-0.05, 0) is 36.6 Å². The number of imidazole rings is 1. The van der Waals surface area contributed by atoms with E-state index in [4.69, 9.17) is 4.98 Å². The van der Waals surface area contributed by atoms with Crippen LogP contribution in [0.3, 0.4) is 0 Å². The zero-order chi connectivity index (χ0) is 21.1. The molecule has 0 atom stereocenters. The summed E-state index contributed by atoms with van der Waals surface area (Å²) in [5.41, 5.74) is 3.48. The minimum Gasteiger partial charge on any atom is -0.336 e. The number of hydrogen-bond acceptors (Lipinski definition) is 4. The molecule has 158 valence electrons. The molecule has 2 aromatic heterocycles. The molecule has 3 heterocycles. The molecule has 4 rings (SSSR count). The number of amides is 1. The molecule has 1 aliphatic rings. The number of aryl methyl sites for hydroxylation is 1. The predicted octanol–water partition coefficient (Wildman–Crippen LogP) is 3.92. The quantitative estimate of drug-likeness (QED) is 0.624. The van der Waals surface area contributed by atoms with E-state index in [1.54, 1.807) is 6.20 Å². The fraction of sp³-hybridized carbons (Fsp3) is 0.458. The average Bonchev–Trinajstić information content (AvgIpc) is 3.12. The number of benzene rings is 1. The lowest BCUT2D eigenvalue weighted by atomic mass is 10.1. The molecule has 0 spiro atoms. The normalized spacial score (nSPS) is 15.3. The maximum absolute atomic E-state index is 13.2. The van der Waals surface area contributed by atoms with E-state index in [2.05, 4.69) is 35.2 Å². The van der Waals surface area contributed by atoms with Crippen molar-refractivity contribution in [3.05, 3.63) is 48.2 Å². The first-order valence-electron chi connectivity index (χ1n) is 11.0. The molecule has 0 saturated carbocycles. The lowest BCUT2D eigenvalue weighted by Crippen LogP contribution is -2.49. The van der Waals surface area contributed by atoms with Crippen LogP contribution in [0.5, 0.6) is 0 Å². The van der Waals surface area contributed by atoms with Crippen molar-refractivity contribution in [3.63, 3.8) is 0 Å². The monoisotopic (exact) mass is 405 g/mol. The van der Waals surface area contributed by atoms with Gasteiger partial charge in [0.05, 0.1) is 0 Å². The largest absolute Gasteiger partial charge is 0.336 e. The minimum atomic E-state index is 0.109. The summed E-state index contributed by atoms with van der Waals surface area (Å²) in [4.78, 5) is 26.9. The molecule has 30 heavy (non-hydrogen) atoms. The lowest BCUT2D eigenvalue weighted by molar-refractivity contribution is 0.0624. The summed E-state index contributed by atoms with van der Waals surface area (Å²) < 4.78 is 2.16. The molecule has 6 heteroatoms. The second-order valence-corrected chi connectivity index (χ2v) is 8.50. The van der Waals surface area contributed by atoms with Gasteiger partial charge in [0.2, 0.25) is 0 Å². The Balaban J connectivity index is 1.57. The van der Waals surface area contributed by atoms with Gasteiger partial charge in [0.15, 0.2) is 5.65 Å². The van der Waals surface area contributed by atoms with E-state index in [0.717, 1.165) is 73.8 Å². The van der Waals surface area contributed by atoms with Crippen molar-refractivity contribution in [2.75, 3.05) is 32.7 Å². The van der Waals surface area contributed by atoms with Crippen LogP contribution in [0, 0.1) is 5.92 Å². The van der Waals surface area contributed by atoms with E-state index >= 15 is 0 Å². The number of piperazine rings is 1. The smallest absolute Gasteiger partial charge is 0.253 e. The molecule has 1 amide bonds. The first-order valence-corrected chi connectivity index (χ1v) is 11.0. The van der Waals surface area contributed by atoms with E-state index in [0.29, 0.717) is 5.92 Å². The van der Waals surface area contributed by atoms with E-state index in [1.165, 1.54) is 0 Å². The molecule has 1 aromatic carbocycles. The van der Waals surface area contributed by atoms with Gasteiger partial charge in [0, 0.05) is 56.6 Å². The van der Waals surface area contributed by atoms with Crippen molar-refractivity contribution in [2.45, 2.75) is 33.7 Å².